The fourth-order valence-electron chi connectivity index (χ4n) is 2.11. The van der Waals surface area contributed by atoms with E-state index in [1.165, 1.54) is 0 Å². The average Bonchev–Trinajstić information content (AvgIpc) is 2.71. The summed E-state index contributed by atoms with van der Waals surface area (Å²) in [6.45, 7) is 3.07. The molecular formula is C13H15N3O. The molecule has 4 nitrogen and oxygen atoms in total. The van der Waals surface area contributed by atoms with E-state index in [0.717, 1.165) is 30.9 Å². The summed E-state index contributed by atoms with van der Waals surface area (Å²) in [6, 6.07) is 9.28. The summed E-state index contributed by atoms with van der Waals surface area (Å²) in [6.07, 6.45) is 1.81. The first kappa shape index (κ1) is 10.4. The van der Waals surface area contributed by atoms with Crippen LogP contribution < -0.4 is 5.32 Å². The highest BCUT2D eigenvalue weighted by Crippen LogP contribution is 2.23. The minimum Gasteiger partial charge on any atom is -0.508 e. The Bertz CT molecular complexity index is 517. The fourth-order valence-corrected chi connectivity index (χ4v) is 2.11. The average molecular weight is 229 g/mol. The van der Waals surface area contributed by atoms with Gasteiger partial charge in [0, 0.05) is 37.3 Å². The number of phenols is 1. The molecule has 1 aromatic carbocycles. The Morgan fingerprint density at radius 1 is 1.35 bits per heavy atom. The van der Waals surface area contributed by atoms with Crippen LogP contribution in [0.3, 0.4) is 0 Å². The Morgan fingerprint density at radius 2 is 2.24 bits per heavy atom. The lowest BCUT2D eigenvalue weighted by molar-refractivity contribution is 0.297. The van der Waals surface area contributed by atoms with Crippen LogP contribution in [0.15, 0.2) is 36.5 Å². The van der Waals surface area contributed by atoms with E-state index in [1.807, 2.05) is 29.1 Å². The van der Waals surface area contributed by atoms with Crippen molar-refractivity contribution in [3.8, 4) is 17.0 Å². The first-order valence-corrected chi connectivity index (χ1v) is 5.85. The first-order chi connectivity index (χ1) is 8.33. The van der Waals surface area contributed by atoms with Crippen molar-refractivity contribution >= 4 is 0 Å². The van der Waals surface area contributed by atoms with Crippen molar-refractivity contribution in [2.24, 2.45) is 5.92 Å². The van der Waals surface area contributed by atoms with Crippen molar-refractivity contribution in [2.45, 2.75) is 6.54 Å². The third-order valence-corrected chi connectivity index (χ3v) is 3.16. The molecule has 1 aromatic heterocycles. The lowest BCUT2D eigenvalue weighted by atomic mass is 10.0. The molecule has 0 amide bonds. The molecule has 0 atom stereocenters. The highest BCUT2D eigenvalue weighted by atomic mass is 16.3. The van der Waals surface area contributed by atoms with Crippen molar-refractivity contribution < 1.29 is 5.11 Å². The van der Waals surface area contributed by atoms with Gasteiger partial charge >= 0.3 is 0 Å². The van der Waals surface area contributed by atoms with E-state index in [-0.39, 0.29) is 0 Å². The largest absolute Gasteiger partial charge is 0.508 e. The standard InChI is InChI=1S/C13H15N3O/c17-12-3-1-2-11(6-12)13-4-5-15-16(13)9-10-7-14-8-10/h1-6,10,14,17H,7-9H2. The predicted molar refractivity (Wildman–Crippen MR) is 65.7 cm³/mol. The van der Waals surface area contributed by atoms with E-state index >= 15 is 0 Å². The molecule has 3 rings (SSSR count). The molecule has 0 aliphatic carbocycles. The van der Waals surface area contributed by atoms with E-state index in [0.29, 0.717) is 11.7 Å². The zero-order valence-corrected chi connectivity index (χ0v) is 9.50. The molecule has 0 radical (unpaired) electrons. The van der Waals surface area contributed by atoms with Gasteiger partial charge in [-0.2, -0.15) is 5.10 Å². The van der Waals surface area contributed by atoms with E-state index in [2.05, 4.69) is 10.4 Å². The number of aromatic hydroxyl groups is 1. The molecule has 4 heteroatoms. The molecule has 17 heavy (non-hydrogen) atoms. The molecule has 88 valence electrons. The molecule has 0 unspecified atom stereocenters. The summed E-state index contributed by atoms with van der Waals surface area (Å²) in [7, 11) is 0. The Balaban J connectivity index is 1.89. The number of nitrogens with one attached hydrogen (secondary N) is 1. The number of hydrogen-bond acceptors (Lipinski definition) is 3. The normalized spacial score (nSPS) is 15.8. The van der Waals surface area contributed by atoms with Crippen molar-refractivity contribution in [2.75, 3.05) is 13.1 Å². The summed E-state index contributed by atoms with van der Waals surface area (Å²) in [5.74, 6) is 0.964. The molecule has 0 spiro atoms. The summed E-state index contributed by atoms with van der Waals surface area (Å²) in [4.78, 5) is 0. The van der Waals surface area contributed by atoms with Gasteiger partial charge in [0.15, 0.2) is 0 Å². The highest BCUT2D eigenvalue weighted by molar-refractivity contribution is 5.61. The maximum Gasteiger partial charge on any atom is 0.116 e. The number of rotatable bonds is 3. The molecule has 1 fully saturated rings. The van der Waals surface area contributed by atoms with Gasteiger partial charge in [-0.15, -0.1) is 0 Å². The Labute approximate surface area is 99.9 Å². The zero-order chi connectivity index (χ0) is 11.7. The Morgan fingerprint density at radius 3 is 2.94 bits per heavy atom. The van der Waals surface area contributed by atoms with Gasteiger partial charge in [-0.05, 0) is 18.2 Å². The van der Waals surface area contributed by atoms with Crippen LogP contribution in [0.5, 0.6) is 5.75 Å². The van der Waals surface area contributed by atoms with Crippen LogP contribution in [0.25, 0.3) is 11.3 Å². The van der Waals surface area contributed by atoms with Crippen LogP contribution in [0.2, 0.25) is 0 Å². The SMILES string of the molecule is Oc1cccc(-c2ccnn2CC2CNC2)c1. The van der Waals surface area contributed by atoms with E-state index in [9.17, 15) is 5.11 Å². The van der Waals surface area contributed by atoms with Crippen molar-refractivity contribution in [1.29, 1.82) is 0 Å². The monoisotopic (exact) mass is 229 g/mol. The highest BCUT2D eigenvalue weighted by Gasteiger charge is 2.18. The summed E-state index contributed by atoms with van der Waals surface area (Å²) in [5, 5.41) is 17.1. The lowest BCUT2D eigenvalue weighted by Crippen LogP contribution is -2.44. The summed E-state index contributed by atoms with van der Waals surface area (Å²) >= 11 is 0. The molecule has 1 aliphatic heterocycles. The quantitative estimate of drug-likeness (QED) is 0.838. The zero-order valence-electron chi connectivity index (χ0n) is 9.50. The third kappa shape index (κ3) is 2.03. The topological polar surface area (TPSA) is 50.1 Å². The van der Waals surface area contributed by atoms with Crippen LogP contribution in [0.1, 0.15) is 0 Å². The van der Waals surface area contributed by atoms with Gasteiger partial charge in [0.25, 0.3) is 0 Å². The second-order valence-corrected chi connectivity index (χ2v) is 4.47. The molecule has 2 aromatic rings. The number of benzene rings is 1. The summed E-state index contributed by atoms with van der Waals surface area (Å²) < 4.78 is 2.01. The molecule has 0 saturated carbocycles. The van der Waals surface area contributed by atoms with Gasteiger partial charge in [-0.1, -0.05) is 12.1 Å². The van der Waals surface area contributed by atoms with Crippen LogP contribution in [-0.2, 0) is 6.54 Å². The molecule has 2 N–H and O–H groups in total. The fraction of sp³-hybridized carbons (Fsp3) is 0.308. The van der Waals surface area contributed by atoms with Crippen LogP contribution in [0.4, 0.5) is 0 Å². The molecule has 2 heterocycles. The maximum atomic E-state index is 9.50. The Kier molecular flexibility index (Phi) is 2.57. The second-order valence-electron chi connectivity index (χ2n) is 4.47. The van der Waals surface area contributed by atoms with E-state index in [1.54, 1.807) is 12.1 Å². The molecule has 0 bridgehead atoms. The van der Waals surface area contributed by atoms with Crippen LogP contribution in [0, 0.1) is 5.92 Å². The van der Waals surface area contributed by atoms with Crippen molar-refractivity contribution in [1.82, 2.24) is 15.1 Å². The minimum absolute atomic E-state index is 0.292. The maximum absolute atomic E-state index is 9.50. The van der Waals surface area contributed by atoms with Gasteiger partial charge in [-0.25, -0.2) is 0 Å². The van der Waals surface area contributed by atoms with Gasteiger partial charge in [0.2, 0.25) is 0 Å². The minimum atomic E-state index is 0.292. The van der Waals surface area contributed by atoms with Crippen molar-refractivity contribution in [3.05, 3.63) is 36.5 Å². The van der Waals surface area contributed by atoms with Gasteiger partial charge < -0.3 is 10.4 Å². The molecular weight excluding hydrogens is 214 g/mol. The predicted octanol–water partition coefficient (Wildman–Crippen LogP) is 1.48. The second kappa shape index (κ2) is 4.22. The van der Waals surface area contributed by atoms with Gasteiger partial charge in [0.05, 0.1) is 5.69 Å². The molecule has 1 aliphatic rings. The smallest absolute Gasteiger partial charge is 0.116 e. The van der Waals surface area contributed by atoms with E-state index < -0.39 is 0 Å². The number of phenolic OH excluding ortho intramolecular Hbond substituents is 1. The molecule has 1 saturated heterocycles. The third-order valence-electron chi connectivity index (χ3n) is 3.16. The summed E-state index contributed by atoms with van der Waals surface area (Å²) in [5.41, 5.74) is 2.07. The lowest BCUT2D eigenvalue weighted by Gasteiger charge is -2.27. The van der Waals surface area contributed by atoms with Gasteiger partial charge in [0.1, 0.15) is 5.75 Å². The van der Waals surface area contributed by atoms with Crippen LogP contribution >= 0.6 is 0 Å². The van der Waals surface area contributed by atoms with Gasteiger partial charge in [-0.3, -0.25) is 4.68 Å². The number of hydrogen-bond donors (Lipinski definition) is 2. The van der Waals surface area contributed by atoms with E-state index in [4.69, 9.17) is 0 Å². The number of nitrogens with zero attached hydrogens (tertiary/aromatic N) is 2. The number of aromatic nitrogens is 2. The van der Waals surface area contributed by atoms with Crippen LogP contribution in [-0.4, -0.2) is 28.0 Å². The first-order valence-electron chi connectivity index (χ1n) is 5.85. The van der Waals surface area contributed by atoms with Crippen molar-refractivity contribution in [3.63, 3.8) is 0 Å². The Hall–Kier alpha value is -1.81.